The van der Waals surface area contributed by atoms with Crippen LogP contribution >= 0.6 is 0 Å². The van der Waals surface area contributed by atoms with Gasteiger partial charge in [0.05, 0.1) is 5.56 Å². The van der Waals surface area contributed by atoms with Crippen LogP contribution in [0.4, 0.5) is 17.6 Å². The first kappa shape index (κ1) is 12.7. The molecule has 0 unspecified atom stereocenters. The van der Waals surface area contributed by atoms with Gasteiger partial charge in [0.25, 0.3) is 0 Å². The van der Waals surface area contributed by atoms with E-state index in [1.54, 1.807) is 0 Å². The number of alkyl halides is 3. The van der Waals surface area contributed by atoms with Gasteiger partial charge < -0.3 is 5.73 Å². The Balaban J connectivity index is 3.09. The van der Waals surface area contributed by atoms with E-state index in [0.29, 0.717) is 13.0 Å². The first-order valence-corrected chi connectivity index (χ1v) is 4.68. The van der Waals surface area contributed by atoms with Gasteiger partial charge in [-0.05, 0) is 36.7 Å². The van der Waals surface area contributed by atoms with Crippen LogP contribution in [0.5, 0.6) is 0 Å². The Hall–Kier alpha value is -1.36. The minimum absolute atomic E-state index is 0.180. The third-order valence-corrected chi connectivity index (χ3v) is 1.95. The first-order valence-electron chi connectivity index (χ1n) is 4.68. The second-order valence-corrected chi connectivity index (χ2v) is 3.21. The summed E-state index contributed by atoms with van der Waals surface area (Å²) in [6.07, 6.45) is -1.30. The van der Waals surface area contributed by atoms with Crippen molar-refractivity contribution in [2.24, 2.45) is 5.73 Å². The van der Waals surface area contributed by atoms with E-state index >= 15 is 0 Å². The third-order valence-electron chi connectivity index (χ3n) is 1.95. The fourth-order valence-corrected chi connectivity index (χ4v) is 1.24. The highest BCUT2D eigenvalue weighted by Crippen LogP contribution is 2.32. The molecule has 0 aliphatic heterocycles. The van der Waals surface area contributed by atoms with E-state index in [9.17, 15) is 17.6 Å². The SMILES string of the molecule is NCCC=Cc1cc(F)ccc1C(F)(F)F. The zero-order valence-electron chi connectivity index (χ0n) is 8.39. The molecular formula is C11H11F4N. The van der Waals surface area contributed by atoms with Crippen LogP contribution in [0.15, 0.2) is 24.3 Å². The number of rotatable bonds is 3. The van der Waals surface area contributed by atoms with Crippen molar-refractivity contribution in [2.45, 2.75) is 12.6 Å². The monoisotopic (exact) mass is 233 g/mol. The summed E-state index contributed by atoms with van der Waals surface area (Å²) in [4.78, 5) is 0. The lowest BCUT2D eigenvalue weighted by Crippen LogP contribution is -2.07. The van der Waals surface area contributed by atoms with Gasteiger partial charge in [-0.15, -0.1) is 0 Å². The highest BCUT2D eigenvalue weighted by atomic mass is 19.4. The molecule has 0 saturated heterocycles. The van der Waals surface area contributed by atoms with E-state index in [4.69, 9.17) is 5.73 Å². The van der Waals surface area contributed by atoms with Crippen molar-refractivity contribution in [3.8, 4) is 0 Å². The predicted octanol–water partition coefficient (Wildman–Crippen LogP) is 3.21. The van der Waals surface area contributed by atoms with E-state index < -0.39 is 17.6 Å². The molecule has 0 fully saturated rings. The standard InChI is InChI=1S/C11H11F4N/c12-9-4-5-10(11(13,14)15)8(7-9)3-1-2-6-16/h1,3-5,7H,2,6,16H2. The Labute approximate surface area is 90.6 Å². The van der Waals surface area contributed by atoms with Crippen LogP contribution in [-0.4, -0.2) is 6.54 Å². The Morgan fingerprint density at radius 2 is 1.94 bits per heavy atom. The van der Waals surface area contributed by atoms with Crippen LogP contribution in [0, 0.1) is 5.82 Å². The molecule has 1 nitrogen and oxygen atoms in total. The first-order chi connectivity index (χ1) is 7.45. The van der Waals surface area contributed by atoms with E-state index in [0.717, 1.165) is 18.2 Å². The van der Waals surface area contributed by atoms with Gasteiger partial charge in [-0.25, -0.2) is 4.39 Å². The average molecular weight is 233 g/mol. The van der Waals surface area contributed by atoms with Crippen LogP contribution in [0.1, 0.15) is 17.5 Å². The maximum Gasteiger partial charge on any atom is 0.416 e. The molecule has 0 aliphatic carbocycles. The Bertz CT molecular complexity index is 382. The summed E-state index contributed by atoms with van der Waals surface area (Å²) in [7, 11) is 0. The van der Waals surface area contributed by atoms with Crippen molar-refractivity contribution < 1.29 is 17.6 Å². The van der Waals surface area contributed by atoms with Crippen LogP contribution in [0.3, 0.4) is 0 Å². The molecule has 5 heteroatoms. The molecule has 0 radical (unpaired) electrons. The van der Waals surface area contributed by atoms with Gasteiger partial charge in [0.15, 0.2) is 0 Å². The average Bonchev–Trinajstić information content (AvgIpc) is 2.16. The molecule has 0 aliphatic rings. The lowest BCUT2D eigenvalue weighted by atomic mass is 10.1. The summed E-state index contributed by atoms with van der Waals surface area (Å²) in [6, 6.07) is 2.39. The normalized spacial score (nSPS) is 12.3. The second kappa shape index (κ2) is 5.12. The molecule has 1 aromatic carbocycles. The smallest absolute Gasteiger partial charge is 0.330 e. The Morgan fingerprint density at radius 3 is 2.50 bits per heavy atom. The lowest BCUT2D eigenvalue weighted by molar-refractivity contribution is -0.137. The number of hydrogen-bond donors (Lipinski definition) is 1. The van der Waals surface area contributed by atoms with E-state index in [2.05, 4.69) is 0 Å². The zero-order valence-corrected chi connectivity index (χ0v) is 8.39. The third kappa shape index (κ3) is 3.34. The number of hydrogen-bond acceptors (Lipinski definition) is 1. The van der Waals surface area contributed by atoms with Gasteiger partial charge >= 0.3 is 6.18 Å². The van der Waals surface area contributed by atoms with Crippen LogP contribution in [-0.2, 0) is 6.18 Å². The zero-order chi connectivity index (χ0) is 12.2. The number of benzene rings is 1. The summed E-state index contributed by atoms with van der Waals surface area (Å²) in [5, 5.41) is 0. The fraction of sp³-hybridized carbons (Fsp3) is 0.273. The van der Waals surface area contributed by atoms with Gasteiger partial charge in [0, 0.05) is 0 Å². The van der Waals surface area contributed by atoms with Gasteiger partial charge in [0.1, 0.15) is 5.82 Å². The predicted molar refractivity (Wildman–Crippen MR) is 54.1 cm³/mol. The summed E-state index contributed by atoms with van der Waals surface area (Å²) in [5.74, 6) is -0.694. The van der Waals surface area contributed by atoms with Gasteiger partial charge in [-0.1, -0.05) is 12.2 Å². The van der Waals surface area contributed by atoms with Gasteiger partial charge in [-0.2, -0.15) is 13.2 Å². The van der Waals surface area contributed by atoms with Gasteiger partial charge in [0.2, 0.25) is 0 Å². The van der Waals surface area contributed by atoms with E-state index in [-0.39, 0.29) is 5.56 Å². The summed E-state index contributed by atoms with van der Waals surface area (Å²) in [5.41, 5.74) is 4.17. The summed E-state index contributed by atoms with van der Waals surface area (Å²) < 4.78 is 50.3. The van der Waals surface area contributed by atoms with E-state index in [1.165, 1.54) is 12.2 Å². The van der Waals surface area contributed by atoms with Crippen molar-refractivity contribution in [2.75, 3.05) is 6.54 Å². The molecular weight excluding hydrogens is 222 g/mol. The molecule has 16 heavy (non-hydrogen) atoms. The van der Waals surface area contributed by atoms with Crippen LogP contribution < -0.4 is 5.73 Å². The fourth-order valence-electron chi connectivity index (χ4n) is 1.24. The highest BCUT2D eigenvalue weighted by molar-refractivity contribution is 5.54. The maximum absolute atomic E-state index is 12.8. The van der Waals surface area contributed by atoms with Crippen LogP contribution in [0.2, 0.25) is 0 Å². The molecule has 0 saturated carbocycles. The Kier molecular flexibility index (Phi) is 4.06. The van der Waals surface area contributed by atoms with Crippen molar-refractivity contribution in [3.63, 3.8) is 0 Å². The molecule has 0 amide bonds. The molecule has 0 atom stereocenters. The van der Waals surface area contributed by atoms with E-state index in [1.807, 2.05) is 0 Å². The minimum atomic E-state index is -4.48. The summed E-state index contributed by atoms with van der Waals surface area (Å²) >= 11 is 0. The molecule has 1 aromatic rings. The van der Waals surface area contributed by atoms with Crippen molar-refractivity contribution in [1.29, 1.82) is 0 Å². The van der Waals surface area contributed by atoms with Crippen molar-refractivity contribution >= 4 is 6.08 Å². The molecule has 0 aromatic heterocycles. The molecule has 1 rings (SSSR count). The van der Waals surface area contributed by atoms with Gasteiger partial charge in [-0.3, -0.25) is 0 Å². The molecule has 88 valence electrons. The lowest BCUT2D eigenvalue weighted by Gasteiger charge is -2.10. The molecule has 0 heterocycles. The molecule has 0 bridgehead atoms. The topological polar surface area (TPSA) is 26.0 Å². The minimum Gasteiger partial charge on any atom is -0.330 e. The Morgan fingerprint density at radius 1 is 1.25 bits per heavy atom. The van der Waals surface area contributed by atoms with Crippen molar-refractivity contribution in [3.05, 3.63) is 41.2 Å². The molecule has 0 spiro atoms. The number of nitrogens with two attached hydrogens (primary N) is 1. The van der Waals surface area contributed by atoms with Crippen LogP contribution in [0.25, 0.3) is 6.08 Å². The molecule has 2 N–H and O–H groups in total. The van der Waals surface area contributed by atoms with Crippen molar-refractivity contribution in [1.82, 2.24) is 0 Å². The highest BCUT2D eigenvalue weighted by Gasteiger charge is 2.32. The summed E-state index contributed by atoms with van der Waals surface area (Å²) in [6.45, 7) is 0.340. The maximum atomic E-state index is 12.8. The largest absolute Gasteiger partial charge is 0.416 e. The second-order valence-electron chi connectivity index (χ2n) is 3.21. The quantitative estimate of drug-likeness (QED) is 0.797. The number of halogens is 4.